The van der Waals surface area contributed by atoms with Crippen LogP contribution >= 0.6 is 0 Å². The number of pyridine rings is 2. The maximum atomic E-state index is 12.5. The zero-order valence-electron chi connectivity index (χ0n) is 18.4. The number of rotatable bonds is 8. The predicted molar refractivity (Wildman–Crippen MR) is 125 cm³/mol. The van der Waals surface area contributed by atoms with Crippen LogP contribution < -0.4 is 21.5 Å². The molecule has 3 rings (SSSR count). The van der Waals surface area contributed by atoms with E-state index in [-0.39, 0.29) is 17.5 Å². The van der Waals surface area contributed by atoms with Crippen molar-refractivity contribution in [3.8, 4) is 11.1 Å². The molecule has 1 aliphatic rings. The molecule has 0 radical (unpaired) electrons. The lowest BCUT2D eigenvalue weighted by Crippen LogP contribution is -2.45. The molecule has 0 saturated carbocycles. The van der Waals surface area contributed by atoms with Gasteiger partial charge in [0.1, 0.15) is 11.5 Å². The molecule has 31 heavy (non-hydrogen) atoms. The zero-order chi connectivity index (χ0) is 22.2. The summed E-state index contributed by atoms with van der Waals surface area (Å²) in [5.74, 6) is 0.771. The van der Waals surface area contributed by atoms with Gasteiger partial charge in [-0.3, -0.25) is 9.59 Å². The number of likely N-dealkylation sites (tertiary alicyclic amines) is 1. The highest BCUT2D eigenvalue weighted by Gasteiger charge is 2.23. The Hall–Kier alpha value is -3.13. The highest BCUT2D eigenvalue weighted by molar-refractivity contribution is 5.87. The Morgan fingerprint density at radius 3 is 2.97 bits per heavy atom. The van der Waals surface area contributed by atoms with Crippen LogP contribution in [0, 0.1) is 0 Å². The molecule has 0 spiro atoms. The summed E-state index contributed by atoms with van der Waals surface area (Å²) >= 11 is 0. The zero-order valence-corrected chi connectivity index (χ0v) is 18.4. The van der Waals surface area contributed by atoms with Crippen molar-refractivity contribution in [1.82, 2.24) is 20.2 Å². The number of piperidine rings is 1. The van der Waals surface area contributed by atoms with Gasteiger partial charge in [0.05, 0.1) is 0 Å². The standard InChI is InChI=1S/C23H32N6O2/c1-16(2)25-9-4-7-22(30)29-11-5-6-19(15-29)28-20-12-18(14-27-23(20)31)17-8-10-26-21(13-17)24-3/h4,7-8,10,12-14,16,19,25,28H,5-6,9,11,15H2,1-3H3,(H,24,26)(H,27,31)/b7-4+. The van der Waals surface area contributed by atoms with Gasteiger partial charge in [-0.15, -0.1) is 0 Å². The number of carbonyl (C=O) groups is 1. The molecule has 4 N–H and O–H groups in total. The summed E-state index contributed by atoms with van der Waals surface area (Å²) in [5.41, 5.74) is 2.19. The van der Waals surface area contributed by atoms with Gasteiger partial charge in [-0.25, -0.2) is 4.98 Å². The minimum absolute atomic E-state index is 0.0103. The quantitative estimate of drug-likeness (QED) is 0.486. The van der Waals surface area contributed by atoms with E-state index in [0.29, 0.717) is 24.8 Å². The molecule has 8 heteroatoms. The number of hydrogen-bond donors (Lipinski definition) is 4. The first kappa shape index (κ1) is 22.6. The smallest absolute Gasteiger partial charge is 0.271 e. The van der Waals surface area contributed by atoms with Crippen LogP contribution in [0.5, 0.6) is 0 Å². The summed E-state index contributed by atoms with van der Waals surface area (Å²) in [6.07, 6.45) is 8.74. The van der Waals surface area contributed by atoms with Crippen molar-refractivity contribution in [3.63, 3.8) is 0 Å². The number of amides is 1. The van der Waals surface area contributed by atoms with Crippen LogP contribution in [0.3, 0.4) is 0 Å². The van der Waals surface area contributed by atoms with Crippen LogP contribution in [-0.2, 0) is 4.79 Å². The first-order chi connectivity index (χ1) is 15.0. The van der Waals surface area contributed by atoms with Crippen LogP contribution in [0.4, 0.5) is 11.5 Å². The summed E-state index contributed by atoms with van der Waals surface area (Å²) in [6.45, 7) is 6.12. The summed E-state index contributed by atoms with van der Waals surface area (Å²) in [7, 11) is 1.82. The van der Waals surface area contributed by atoms with E-state index in [1.807, 2.05) is 36.2 Å². The minimum atomic E-state index is -0.172. The SMILES string of the molecule is CNc1cc(-c2c[nH]c(=O)c(NC3CCCN(C(=O)/C=C/CNC(C)C)C3)c2)ccn1. The van der Waals surface area contributed by atoms with E-state index in [2.05, 4.69) is 39.8 Å². The summed E-state index contributed by atoms with van der Waals surface area (Å²) in [5, 5.41) is 9.63. The van der Waals surface area contributed by atoms with Crippen molar-refractivity contribution in [2.24, 2.45) is 0 Å². The Morgan fingerprint density at radius 1 is 1.35 bits per heavy atom. The van der Waals surface area contributed by atoms with Crippen LogP contribution in [-0.4, -0.2) is 59.5 Å². The first-order valence-electron chi connectivity index (χ1n) is 10.8. The number of nitrogens with one attached hydrogen (secondary N) is 4. The molecule has 0 aromatic carbocycles. The van der Waals surface area contributed by atoms with E-state index in [4.69, 9.17) is 0 Å². The van der Waals surface area contributed by atoms with Gasteiger partial charge in [-0.1, -0.05) is 19.9 Å². The largest absolute Gasteiger partial charge is 0.376 e. The molecule has 8 nitrogen and oxygen atoms in total. The Morgan fingerprint density at radius 2 is 2.19 bits per heavy atom. The molecule has 1 saturated heterocycles. The summed E-state index contributed by atoms with van der Waals surface area (Å²) in [4.78, 5) is 33.8. The van der Waals surface area contributed by atoms with E-state index in [1.54, 1.807) is 18.5 Å². The van der Waals surface area contributed by atoms with E-state index >= 15 is 0 Å². The van der Waals surface area contributed by atoms with Crippen LogP contribution in [0.15, 0.2) is 47.5 Å². The van der Waals surface area contributed by atoms with Crippen LogP contribution in [0.1, 0.15) is 26.7 Å². The fourth-order valence-electron chi connectivity index (χ4n) is 3.59. The molecule has 1 unspecified atom stereocenters. The second-order valence-electron chi connectivity index (χ2n) is 8.04. The molecule has 2 aromatic rings. The number of nitrogens with zero attached hydrogens (tertiary/aromatic N) is 2. The number of anilines is 2. The molecule has 166 valence electrons. The van der Waals surface area contributed by atoms with Crippen LogP contribution in [0.25, 0.3) is 11.1 Å². The third-order valence-electron chi connectivity index (χ3n) is 5.25. The lowest BCUT2D eigenvalue weighted by molar-refractivity contribution is -0.127. The average molecular weight is 425 g/mol. The minimum Gasteiger partial charge on any atom is -0.376 e. The van der Waals surface area contributed by atoms with Crippen LogP contribution in [0.2, 0.25) is 0 Å². The second-order valence-corrected chi connectivity index (χ2v) is 8.04. The Bertz CT molecular complexity index is 969. The van der Waals surface area contributed by atoms with Gasteiger partial charge in [0, 0.05) is 62.8 Å². The molecule has 1 amide bonds. The highest BCUT2D eigenvalue weighted by Crippen LogP contribution is 2.22. The number of H-pyrrole nitrogens is 1. The van der Waals surface area contributed by atoms with Gasteiger partial charge >= 0.3 is 0 Å². The van der Waals surface area contributed by atoms with Gasteiger partial charge in [0.25, 0.3) is 5.56 Å². The van der Waals surface area contributed by atoms with Gasteiger partial charge in [-0.05, 0) is 36.6 Å². The van der Waals surface area contributed by atoms with E-state index < -0.39 is 0 Å². The van der Waals surface area contributed by atoms with Crippen molar-refractivity contribution >= 4 is 17.4 Å². The van der Waals surface area contributed by atoms with Crippen molar-refractivity contribution in [2.45, 2.75) is 38.8 Å². The Labute approximate surface area is 183 Å². The van der Waals surface area contributed by atoms with Gasteiger partial charge in [-0.2, -0.15) is 0 Å². The molecule has 2 aromatic heterocycles. The van der Waals surface area contributed by atoms with Crippen molar-refractivity contribution < 1.29 is 4.79 Å². The number of aromatic nitrogens is 2. The molecule has 1 atom stereocenters. The van der Waals surface area contributed by atoms with E-state index in [0.717, 1.165) is 36.3 Å². The predicted octanol–water partition coefficient (Wildman–Crippen LogP) is 2.44. The molecular weight excluding hydrogens is 392 g/mol. The van der Waals surface area contributed by atoms with Gasteiger partial charge in [0.2, 0.25) is 5.91 Å². The molecular formula is C23H32N6O2. The monoisotopic (exact) mass is 424 g/mol. The van der Waals surface area contributed by atoms with Gasteiger partial charge < -0.3 is 25.8 Å². The molecule has 1 aliphatic heterocycles. The van der Waals surface area contributed by atoms with Crippen molar-refractivity contribution in [1.29, 1.82) is 0 Å². The molecule has 1 fully saturated rings. The highest BCUT2D eigenvalue weighted by atomic mass is 16.2. The Kier molecular flexibility index (Phi) is 7.83. The first-order valence-corrected chi connectivity index (χ1v) is 10.8. The number of carbonyl (C=O) groups excluding carboxylic acids is 1. The number of aromatic amines is 1. The van der Waals surface area contributed by atoms with Gasteiger partial charge in [0.15, 0.2) is 0 Å². The summed E-state index contributed by atoms with van der Waals surface area (Å²) in [6, 6.07) is 6.10. The van der Waals surface area contributed by atoms with Crippen molar-refractivity contribution in [3.05, 3.63) is 53.1 Å². The maximum absolute atomic E-state index is 12.5. The fraction of sp³-hybridized carbons (Fsp3) is 0.435. The molecule has 0 aliphatic carbocycles. The maximum Gasteiger partial charge on any atom is 0.271 e. The summed E-state index contributed by atoms with van der Waals surface area (Å²) < 4.78 is 0. The van der Waals surface area contributed by atoms with E-state index in [1.165, 1.54) is 0 Å². The van der Waals surface area contributed by atoms with Crippen molar-refractivity contribution in [2.75, 3.05) is 37.3 Å². The third-order valence-corrected chi connectivity index (χ3v) is 5.25. The topological polar surface area (TPSA) is 102 Å². The molecule has 3 heterocycles. The Balaban J connectivity index is 1.66. The van der Waals surface area contributed by atoms with E-state index in [9.17, 15) is 9.59 Å². The lowest BCUT2D eigenvalue weighted by Gasteiger charge is -2.33. The number of hydrogen-bond acceptors (Lipinski definition) is 6. The lowest BCUT2D eigenvalue weighted by atomic mass is 10.0. The molecule has 0 bridgehead atoms. The normalized spacial score (nSPS) is 16.6. The second kappa shape index (κ2) is 10.8. The third kappa shape index (κ3) is 6.42. The average Bonchev–Trinajstić information content (AvgIpc) is 2.78. The fourth-order valence-corrected chi connectivity index (χ4v) is 3.59.